The summed E-state index contributed by atoms with van der Waals surface area (Å²) in [5.74, 6) is -1.33. The fraction of sp³-hybridized carbons (Fsp3) is 0.500. The van der Waals surface area contributed by atoms with Gasteiger partial charge in [-0.15, -0.1) is 0 Å². The molecule has 0 bridgehead atoms. The second kappa shape index (κ2) is 4.80. The van der Waals surface area contributed by atoms with Gasteiger partial charge >= 0.3 is 5.97 Å². The van der Waals surface area contributed by atoms with Crippen LogP contribution in [0.5, 0.6) is 0 Å². The fourth-order valence-electron chi connectivity index (χ4n) is 1.59. The molecule has 2 heterocycles. The topological polar surface area (TPSA) is 76.7 Å². The van der Waals surface area contributed by atoms with Crippen molar-refractivity contribution in [3.8, 4) is 0 Å². The third-order valence-corrected chi connectivity index (χ3v) is 4.00. The van der Waals surface area contributed by atoms with Crippen LogP contribution in [0.1, 0.15) is 23.4 Å². The van der Waals surface area contributed by atoms with E-state index in [9.17, 15) is 9.00 Å². The minimum Gasteiger partial charge on any atom is -0.475 e. The molecule has 0 radical (unpaired) electrons. The number of ether oxygens (including phenoxy) is 1. The average Bonchev–Trinajstić information content (AvgIpc) is 2.78. The van der Waals surface area contributed by atoms with Crippen molar-refractivity contribution in [1.29, 1.82) is 0 Å². The summed E-state index contributed by atoms with van der Waals surface area (Å²) in [6.07, 6.45) is 1.69. The molecule has 5 nitrogen and oxygen atoms in total. The van der Waals surface area contributed by atoms with Crippen LogP contribution in [0.15, 0.2) is 21.6 Å². The van der Waals surface area contributed by atoms with E-state index >= 15 is 0 Å². The molecular formula is C10H12O5S. The van der Waals surface area contributed by atoms with Gasteiger partial charge in [-0.25, -0.2) is 4.79 Å². The molecule has 0 aromatic carbocycles. The van der Waals surface area contributed by atoms with Crippen LogP contribution in [0, 0.1) is 0 Å². The fourth-order valence-corrected chi connectivity index (χ4v) is 2.89. The van der Waals surface area contributed by atoms with Crippen LogP contribution in [-0.4, -0.2) is 33.7 Å². The van der Waals surface area contributed by atoms with Crippen LogP contribution in [0.2, 0.25) is 0 Å². The molecule has 1 N–H and O–H groups in total. The molecule has 0 amide bonds. The molecule has 6 heteroatoms. The van der Waals surface area contributed by atoms with Gasteiger partial charge in [0.1, 0.15) is 0 Å². The Hall–Kier alpha value is -1.14. The van der Waals surface area contributed by atoms with Crippen molar-refractivity contribution < 1.29 is 23.3 Å². The van der Waals surface area contributed by atoms with Crippen LogP contribution in [0.4, 0.5) is 0 Å². The zero-order valence-electron chi connectivity index (χ0n) is 8.55. The predicted molar refractivity (Wildman–Crippen MR) is 55.9 cm³/mol. The molecular weight excluding hydrogens is 232 g/mol. The lowest BCUT2D eigenvalue weighted by Gasteiger charge is -2.20. The summed E-state index contributed by atoms with van der Waals surface area (Å²) in [6.45, 7) is 1.14. The molecule has 1 fully saturated rings. The summed E-state index contributed by atoms with van der Waals surface area (Å²) in [4.78, 5) is 10.6. The molecule has 1 aliphatic heterocycles. The van der Waals surface area contributed by atoms with Crippen molar-refractivity contribution in [1.82, 2.24) is 0 Å². The van der Waals surface area contributed by atoms with Crippen LogP contribution >= 0.6 is 0 Å². The van der Waals surface area contributed by atoms with Crippen molar-refractivity contribution >= 4 is 16.8 Å². The van der Waals surface area contributed by atoms with Gasteiger partial charge in [-0.2, -0.15) is 0 Å². The van der Waals surface area contributed by atoms with E-state index in [1.165, 1.54) is 12.1 Å². The maximum absolute atomic E-state index is 12.0. The number of carbonyl (C=O) groups is 1. The Kier molecular flexibility index (Phi) is 3.40. The highest BCUT2D eigenvalue weighted by Crippen LogP contribution is 2.20. The Morgan fingerprint density at radius 3 is 2.88 bits per heavy atom. The largest absolute Gasteiger partial charge is 0.475 e. The average molecular weight is 244 g/mol. The van der Waals surface area contributed by atoms with E-state index in [4.69, 9.17) is 14.3 Å². The first kappa shape index (κ1) is 11.3. The SMILES string of the molecule is O=C(O)c1ccc(S(=O)C2CCCOC2)o1. The summed E-state index contributed by atoms with van der Waals surface area (Å²) in [6, 6.07) is 2.77. The number of carboxylic acids is 1. The van der Waals surface area contributed by atoms with E-state index in [1.54, 1.807) is 0 Å². The summed E-state index contributed by atoms with van der Waals surface area (Å²) >= 11 is 0. The minimum absolute atomic E-state index is 0.0958. The number of carboxylic acid groups (broad SMARTS) is 1. The van der Waals surface area contributed by atoms with Crippen molar-refractivity contribution in [2.75, 3.05) is 13.2 Å². The molecule has 88 valence electrons. The highest BCUT2D eigenvalue weighted by atomic mass is 32.2. The summed E-state index contributed by atoms with van der Waals surface area (Å²) in [5, 5.41) is 8.79. The van der Waals surface area contributed by atoms with Gasteiger partial charge in [0.25, 0.3) is 0 Å². The molecule has 0 aliphatic carbocycles. The first-order valence-corrected chi connectivity index (χ1v) is 6.21. The van der Waals surface area contributed by atoms with Crippen LogP contribution in [0.25, 0.3) is 0 Å². The highest BCUT2D eigenvalue weighted by molar-refractivity contribution is 7.85. The monoisotopic (exact) mass is 244 g/mol. The van der Waals surface area contributed by atoms with Crippen molar-refractivity contribution in [2.45, 2.75) is 23.2 Å². The lowest BCUT2D eigenvalue weighted by molar-refractivity contribution is 0.0656. The number of hydrogen-bond acceptors (Lipinski definition) is 4. The Labute approximate surface area is 94.9 Å². The summed E-state index contributed by atoms with van der Waals surface area (Å²) in [7, 11) is -1.32. The Bertz CT molecular complexity index is 405. The maximum Gasteiger partial charge on any atom is 0.371 e. The van der Waals surface area contributed by atoms with Gasteiger partial charge in [-0.05, 0) is 25.0 Å². The number of aromatic carboxylic acids is 1. The van der Waals surface area contributed by atoms with Crippen LogP contribution < -0.4 is 0 Å². The number of hydrogen-bond donors (Lipinski definition) is 1. The van der Waals surface area contributed by atoms with Gasteiger partial charge in [0.2, 0.25) is 5.76 Å². The van der Waals surface area contributed by atoms with E-state index in [1.807, 2.05) is 0 Å². The van der Waals surface area contributed by atoms with Gasteiger partial charge in [-0.3, -0.25) is 4.21 Å². The molecule has 16 heavy (non-hydrogen) atoms. The van der Waals surface area contributed by atoms with E-state index in [0.29, 0.717) is 13.2 Å². The maximum atomic E-state index is 12.0. The first-order valence-electron chi connectivity index (χ1n) is 5.00. The van der Waals surface area contributed by atoms with Gasteiger partial charge in [0.05, 0.1) is 22.7 Å². The molecule has 1 aromatic rings. The number of furan rings is 1. The van der Waals surface area contributed by atoms with Crippen LogP contribution in [0.3, 0.4) is 0 Å². The van der Waals surface area contributed by atoms with E-state index in [-0.39, 0.29) is 16.1 Å². The highest BCUT2D eigenvalue weighted by Gasteiger charge is 2.24. The Morgan fingerprint density at radius 1 is 1.50 bits per heavy atom. The van der Waals surface area contributed by atoms with E-state index in [2.05, 4.69) is 0 Å². The normalized spacial score (nSPS) is 22.9. The Morgan fingerprint density at radius 2 is 2.31 bits per heavy atom. The van der Waals surface area contributed by atoms with Gasteiger partial charge in [0.15, 0.2) is 5.09 Å². The molecule has 1 aliphatic rings. The third kappa shape index (κ3) is 2.33. The van der Waals surface area contributed by atoms with Crippen molar-refractivity contribution in [2.24, 2.45) is 0 Å². The quantitative estimate of drug-likeness (QED) is 0.866. The van der Waals surface area contributed by atoms with Crippen molar-refractivity contribution in [3.05, 3.63) is 17.9 Å². The second-order valence-electron chi connectivity index (χ2n) is 3.56. The molecule has 2 unspecified atom stereocenters. The van der Waals surface area contributed by atoms with E-state index in [0.717, 1.165) is 12.8 Å². The summed E-state index contributed by atoms with van der Waals surface area (Å²) in [5.41, 5.74) is 0. The molecule has 0 spiro atoms. The van der Waals surface area contributed by atoms with Gasteiger partial charge in [0, 0.05) is 6.61 Å². The molecule has 1 aromatic heterocycles. The smallest absolute Gasteiger partial charge is 0.371 e. The zero-order chi connectivity index (χ0) is 11.5. The molecule has 2 atom stereocenters. The molecule has 2 rings (SSSR count). The standard InChI is InChI=1S/C10H12O5S/c11-10(12)8-3-4-9(15-8)16(13)7-2-1-5-14-6-7/h3-4,7H,1-2,5-6H2,(H,11,12). The van der Waals surface area contributed by atoms with Gasteiger partial charge in [-0.1, -0.05) is 0 Å². The Balaban J connectivity index is 2.10. The predicted octanol–water partition coefficient (Wildman–Crippen LogP) is 1.26. The molecule has 1 saturated heterocycles. The van der Waals surface area contributed by atoms with Gasteiger partial charge < -0.3 is 14.3 Å². The number of rotatable bonds is 3. The first-order chi connectivity index (χ1) is 7.68. The third-order valence-electron chi connectivity index (χ3n) is 2.41. The lowest BCUT2D eigenvalue weighted by atomic mass is 10.2. The lowest BCUT2D eigenvalue weighted by Crippen LogP contribution is -2.26. The van der Waals surface area contributed by atoms with Crippen LogP contribution in [-0.2, 0) is 15.5 Å². The second-order valence-corrected chi connectivity index (χ2v) is 5.22. The van der Waals surface area contributed by atoms with E-state index < -0.39 is 16.8 Å². The minimum atomic E-state index is -1.32. The molecule has 0 saturated carbocycles. The zero-order valence-corrected chi connectivity index (χ0v) is 9.37. The van der Waals surface area contributed by atoms with Crippen molar-refractivity contribution in [3.63, 3.8) is 0 Å². The summed E-state index contributed by atoms with van der Waals surface area (Å²) < 4.78 is 22.2.